The fraction of sp³-hybridized carbons (Fsp3) is 0.417. The first-order chi connectivity index (χ1) is 8.38. The fourth-order valence-corrected chi connectivity index (χ4v) is 2.12. The topological polar surface area (TPSA) is 46.3 Å². The van der Waals surface area contributed by atoms with Gasteiger partial charge in [-0.25, -0.2) is 0 Å². The number of hydrogen-bond acceptors (Lipinski definition) is 2. The Labute approximate surface area is 102 Å². The number of nitrogens with zero attached hydrogens (tertiary/aromatic N) is 1. The Morgan fingerprint density at radius 1 is 1.39 bits per heavy atom. The van der Waals surface area contributed by atoms with E-state index in [9.17, 15) is 18.0 Å². The fourth-order valence-electron chi connectivity index (χ4n) is 2.12. The maximum Gasteiger partial charge on any atom is 0.389 e. The Kier molecular flexibility index (Phi) is 3.19. The molecule has 1 aliphatic heterocycles. The summed E-state index contributed by atoms with van der Waals surface area (Å²) in [4.78, 5) is 13.1. The number of amides is 1. The molecule has 0 spiro atoms. The lowest BCUT2D eigenvalue weighted by atomic mass is 10.1. The number of nitrogen functional groups attached to an aromatic ring is 1. The molecule has 0 aromatic heterocycles. The summed E-state index contributed by atoms with van der Waals surface area (Å²) in [6.45, 7) is 0.403. The highest BCUT2D eigenvalue weighted by atomic mass is 19.4. The minimum Gasteiger partial charge on any atom is -0.397 e. The van der Waals surface area contributed by atoms with Crippen molar-refractivity contribution in [3.63, 3.8) is 0 Å². The van der Waals surface area contributed by atoms with Crippen LogP contribution in [-0.4, -0.2) is 18.6 Å². The van der Waals surface area contributed by atoms with Crippen molar-refractivity contribution in [3.05, 3.63) is 23.8 Å². The van der Waals surface area contributed by atoms with E-state index in [1.807, 2.05) is 6.07 Å². The summed E-state index contributed by atoms with van der Waals surface area (Å²) in [6, 6.07) is 5.26. The van der Waals surface area contributed by atoms with Crippen molar-refractivity contribution in [1.29, 1.82) is 0 Å². The third kappa shape index (κ3) is 2.57. The van der Waals surface area contributed by atoms with E-state index in [0.717, 1.165) is 5.56 Å². The number of anilines is 2. The van der Waals surface area contributed by atoms with Crippen LogP contribution < -0.4 is 10.6 Å². The average molecular weight is 258 g/mol. The van der Waals surface area contributed by atoms with Gasteiger partial charge in [0.25, 0.3) is 0 Å². The smallest absolute Gasteiger partial charge is 0.389 e. The molecule has 0 aliphatic carbocycles. The van der Waals surface area contributed by atoms with E-state index in [1.54, 1.807) is 12.1 Å². The first kappa shape index (κ1) is 12.7. The molecule has 0 radical (unpaired) electrons. The molecule has 1 heterocycles. The van der Waals surface area contributed by atoms with Crippen LogP contribution in [0.15, 0.2) is 18.2 Å². The lowest BCUT2D eigenvalue weighted by molar-refractivity contribution is -0.143. The normalized spacial score (nSPS) is 14.7. The van der Waals surface area contributed by atoms with Gasteiger partial charge in [-0.15, -0.1) is 0 Å². The lowest BCUT2D eigenvalue weighted by Gasteiger charge is -2.19. The van der Waals surface area contributed by atoms with Crippen LogP contribution in [-0.2, 0) is 11.2 Å². The predicted molar refractivity (Wildman–Crippen MR) is 62.2 cm³/mol. The number of fused-ring (bicyclic) bond motifs is 1. The number of para-hydroxylation sites is 1. The number of carbonyl (C=O) groups is 1. The Bertz CT molecular complexity index is 471. The Morgan fingerprint density at radius 2 is 2.11 bits per heavy atom. The van der Waals surface area contributed by atoms with Gasteiger partial charge in [0.1, 0.15) is 0 Å². The van der Waals surface area contributed by atoms with Gasteiger partial charge in [0.05, 0.1) is 17.8 Å². The second kappa shape index (κ2) is 4.51. The molecule has 0 bridgehead atoms. The average Bonchev–Trinajstić information content (AvgIpc) is 2.70. The van der Waals surface area contributed by atoms with Crippen LogP contribution in [0.3, 0.4) is 0 Å². The molecular weight excluding hydrogens is 245 g/mol. The molecule has 1 amide bonds. The largest absolute Gasteiger partial charge is 0.397 e. The van der Waals surface area contributed by atoms with Crippen LogP contribution in [0.1, 0.15) is 18.4 Å². The van der Waals surface area contributed by atoms with Crippen LogP contribution in [0.2, 0.25) is 0 Å². The van der Waals surface area contributed by atoms with Crippen LogP contribution in [0.25, 0.3) is 0 Å². The molecule has 0 saturated carbocycles. The van der Waals surface area contributed by atoms with Gasteiger partial charge in [0.15, 0.2) is 0 Å². The molecular formula is C12H13F3N2O. The van der Waals surface area contributed by atoms with Crippen molar-refractivity contribution in [3.8, 4) is 0 Å². The third-order valence-corrected chi connectivity index (χ3v) is 2.95. The highest BCUT2D eigenvalue weighted by molar-refractivity contribution is 5.98. The molecule has 0 saturated heterocycles. The molecule has 2 N–H and O–H groups in total. The van der Waals surface area contributed by atoms with Crippen LogP contribution in [0.5, 0.6) is 0 Å². The van der Waals surface area contributed by atoms with Gasteiger partial charge in [-0.05, 0) is 18.1 Å². The molecule has 1 aliphatic rings. The van der Waals surface area contributed by atoms with Crippen LogP contribution in [0.4, 0.5) is 24.5 Å². The first-order valence-corrected chi connectivity index (χ1v) is 5.63. The number of benzene rings is 1. The van der Waals surface area contributed by atoms with Crippen molar-refractivity contribution in [2.75, 3.05) is 17.2 Å². The lowest BCUT2D eigenvalue weighted by Crippen LogP contribution is -2.30. The standard InChI is InChI=1S/C12H13F3N2O/c13-12(14,15)6-4-10(18)17-7-5-8-2-1-3-9(16)11(8)17/h1-3H,4-7,16H2. The SMILES string of the molecule is Nc1cccc2c1N(C(=O)CCC(F)(F)F)CC2. The van der Waals surface area contributed by atoms with Gasteiger partial charge in [-0.3, -0.25) is 4.79 Å². The molecule has 1 aromatic rings. The van der Waals surface area contributed by atoms with E-state index in [1.165, 1.54) is 4.90 Å². The summed E-state index contributed by atoms with van der Waals surface area (Å²) in [5.41, 5.74) is 7.69. The second-order valence-electron chi connectivity index (χ2n) is 4.27. The minimum atomic E-state index is -4.31. The van der Waals surface area contributed by atoms with Gasteiger partial charge in [-0.2, -0.15) is 13.2 Å². The Morgan fingerprint density at radius 3 is 2.78 bits per heavy atom. The third-order valence-electron chi connectivity index (χ3n) is 2.95. The summed E-state index contributed by atoms with van der Waals surface area (Å²) < 4.78 is 36.2. The summed E-state index contributed by atoms with van der Waals surface area (Å²) >= 11 is 0. The molecule has 0 unspecified atom stereocenters. The number of hydrogen-bond donors (Lipinski definition) is 1. The van der Waals surface area contributed by atoms with Gasteiger partial charge in [-0.1, -0.05) is 12.1 Å². The van der Waals surface area contributed by atoms with E-state index in [4.69, 9.17) is 5.73 Å². The predicted octanol–water partition coefficient (Wildman–Crippen LogP) is 2.50. The summed E-state index contributed by atoms with van der Waals surface area (Å²) in [5.74, 6) is -0.524. The highest BCUT2D eigenvalue weighted by Gasteiger charge is 2.31. The molecule has 18 heavy (non-hydrogen) atoms. The van der Waals surface area contributed by atoms with Crippen molar-refractivity contribution >= 4 is 17.3 Å². The van der Waals surface area contributed by atoms with Crippen LogP contribution >= 0.6 is 0 Å². The van der Waals surface area contributed by atoms with Crippen LogP contribution in [0, 0.1) is 0 Å². The zero-order valence-corrected chi connectivity index (χ0v) is 9.63. The van der Waals surface area contributed by atoms with Crippen molar-refractivity contribution < 1.29 is 18.0 Å². The van der Waals surface area contributed by atoms with E-state index >= 15 is 0 Å². The monoisotopic (exact) mass is 258 g/mol. The zero-order chi connectivity index (χ0) is 13.3. The zero-order valence-electron chi connectivity index (χ0n) is 9.63. The molecule has 2 rings (SSSR count). The van der Waals surface area contributed by atoms with Crippen molar-refractivity contribution in [2.45, 2.75) is 25.4 Å². The van der Waals surface area contributed by atoms with Gasteiger partial charge >= 0.3 is 6.18 Å². The number of halogens is 3. The number of carbonyl (C=O) groups excluding carboxylic acids is 1. The summed E-state index contributed by atoms with van der Waals surface area (Å²) in [5, 5.41) is 0. The molecule has 3 nitrogen and oxygen atoms in total. The number of alkyl halides is 3. The number of nitrogens with two attached hydrogens (primary N) is 1. The highest BCUT2D eigenvalue weighted by Crippen LogP contribution is 2.34. The van der Waals surface area contributed by atoms with Gasteiger partial charge in [0, 0.05) is 13.0 Å². The Balaban J connectivity index is 2.11. The molecule has 1 aromatic carbocycles. The van der Waals surface area contributed by atoms with Crippen molar-refractivity contribution in [2.24, 2.45) is 0 Å². The molecule has 0 atom stereocenters. The second-order valence-corrected chi connectivity index (χ2v) is 4.27. The van der Waals surface area contributed by atoms with E-state index in [2.05, 4.69) is 0 Å². The minimum absolute atomic E-state index is 0.403. The first-order valence-electron chi connectivity index (χ1n) is 5.63. The van der Waals surface area contributed by atoms with E-state index in [0.29, 0.717) is 24.3 Å². The quantitative estimate of drug-likeness (QED) is 0.828. The maximum absolute atomic E-state index is 12.1. The maximum atomic E-state index is 12.1. The number of rotatable bonds is 2. The summed E-state index contributed by atoms with van der Waals surface area (Å²) in [7, 11) is 0. The van der Waals surface area contributed by atoms with Gasteiger partial charge < -0.3 is 10.6 Å². The van der Waals surface area contributed by atoms with E-state index < -0.39 is 24.9 Å². The van der Waals surface area contributed by atoms with Gasteiger partial charge in [0.2, 0.25) is 5.91 Å². The van der Waals surface area contributed by atoms with E-state index in [-0.39, 0.29) is 0 Å². The molecule has 98 valence electrons. The van der Waals surface area contributed by atoms with Crippen molar-refractivity contribution in [1.82, 2.24) is 0 Å². The molecule has 0 fully saturated rings. The Hall–Kier alpha value is -1.72. The molecule has 6 heteroatoms. The summed E-state index contributed by atoms with van der Waals surface area (Å²) in [6.07, 6.45) is -5.29.